The first-order valence-corrected chi connectivity index (χ1v) is 14.2. The van der Waals surface area contributed by atoms with Crippen molar-refractivity contribution in [2.75, 3.05) is 26.7 Å². The molecule has 1 aromatic heterocycles. The minimum atomic E-state index is -0.703. The van der Waals surface area contributed by atoms with Gasteiger partial charge in [-0.3, -0.25) is 14.4 Å². The molecule has 0 radical (unpaired) electrons. The first-order valence-electron chi connectivity index (χ1n) is 14.2. The topological polar surface area (TPSA) is 99.6 Å². The van der Waals surface area contributed by atoms with E-state index in [1.165, 1.54) is 12.1 Å². The Labute approximate surface area is 241 Å². The highest BCUT2D eigenvalue weighted by Gasteiger charge is 2.40. The number of amides is 3. The number of aromatic nitrogens is 2. The summed E-state index contributed by atoms with van der Waals surface area (Å²) in [5.74, 6) is -0.890. The number of halogens is 1. The number of rotatable bonds is 10. The normalized spacial score (nSPS) is 16.5. The molecule has 2 aromatic rings. The molecular formula is C30H51FN6O3. The van der Waals surface area contributed by atoms with Crippen LogP contribution in [0.15, 0.2) is 36.8 Å². The van der Waals surface area contributed by atoms with Crippen molar-refractivity contribution in [1.82, 2.24) is 30.0 Å². The number of carbonyl (C=O) groups excluding carboxylic acids is 3. The van der Waals surface area contributed by atoms with Gasteiger partial charge in [-0.2, -0.15) is 0 Å². The van der Waals surface area contributed by atoms with Crippen LogP contribution in [0.25, 0.3) is 0 Å². The lowest BCUT2D eigenvalue weighted by Crippen LogP contribution is -2.59. The van der Waals surface area contributed by atoms with Crippen molar-refractivity contribution in [2.45, 2.75) is 78.9 Å². The van der Waals surface area contributed by atoms with Crippen LogP contribution in [0.3, 0.4) is 0 Å². The number of carbonyl (C=O) groups is 3. The van der Waals surface area contributed by atoms with Gasteiger partial charge in [0.05, 0.1) is 12.4 Å². The maximum Gasteiger partial charge on any atom is 0.274 e. The quantitative estimate of drug-likeness (QED) is 0.458. The zero-order chi connectivity index (χ0) is 30.0. The Hall–Kier alpha value is -3.27. The number of aryl methyl sites for hydroxylation is 1. The van der Waals surface area contributed by atoms with Crippen LogP contribution in [-0.4, -0.2) is 81.9 Å². The molecule has 0 spiro atoms. The summed E-state index contributed by atoms with van der Waals surface area (Å²) in [5, 5.41) is 5.86. The zero-order valence-corrected chi connectivity index (χ0v) is 25.3. The van der Waals surface area contributed by atoms with Gasteiger partial charge in [0.15, 0.2) is 0 Å². The molecule has 0 unspecified atom stereocenters. The fourth-order valence-corrected chi connectivity index (χ4v) is 4.66. The molecule has 10 heteroatoms. The summed E-state index contributed by atoms with van der Waals surface area (Å²) < 4.78 is 15.1. The Morgan fingerprint density at radius 3 is 2.40 bits per heavy atom. The Balaban J connectivity index is 0.00000411. The molecule has 1 aliphatic heterocycles. The van der Waals surface area contributed by atoms with Crippen molar-refractivity contribution in [2.24, 2.45) is 12.5 Å². The van der Waals surface area contributed by atoms with E-state index in [0.717, 1.165) is 18.4 Å². The molecule has 1 saturated heterocycles. The lowest BCUT2D eigenvalue weighted by Gasteiger charge is -2.37. The summed E-state index contributed by atoms with van der Waals surface area (Å²) in [5.41, 5.74) is 0.751. The third-order valence-electron chi connectivity index (χ3n) is 7.11. The predicted octanol–water partition coefficient (Wildman–Crippen LogP) is 3.89. The largest absolute Gasteiger partial charge is 0.342 e. The number of nitrogens with zero attached hydrogens (tertiary/aromatic N) is 4. The molecule has 1 aliphatic rings. The highest BCUT2D eigenvalue weighted by Crippen LogP contribution is 2.26. The van der Waals surface area contributed by atoms with Crippen LogP contribution in [0, 0.1) is 11.2 Å². The molecule has 2 N–H and O–H groups in total. The molecule has 1 fully saturated rings. The van der Waals surface area contributed by atoms with Crippen molar-refractivity contribution >= 4 is 17.7 Å². The molecular weight excluding hydrogens is 511 g/mol. The summed E-state index contributed by atoms with van der Waals surface area (Å²) in [4.78, 5) is 47.7. The second kappa shape index (κ2) is 14.9. The maximum absolute atomic E-state index is 13.8. The zero-order valence-electron chi connectivity index (χ0n) is 25.3. The van der Waals surface area contributed by atoms with E-state index in [0.29, 0.717) is 31.7 Å². The number of likely N-dealkylation sites (N-methyl/N-ethyl adjacent to an activating group) is 1. The van der Waals surface area contributed by atoms with Crippen LogP contribution in [0.2, 0.25) is 0 Å². The van der Waals surface area contributed by atoms with E-state index in [4.69, 9.17) is 0 Å². The fourth-order valence-electron chi connectivity index (χ4n) is 4.66. The van der Waals surface area contributed by atoms with E-state index in [-0.39, 0.29) is 32.4 Å². The number of imidazole rings is 1. The first-order chi connectivity index (χ1) is 18.9. The summed E-state index contributed by atoms with van der Waals surface area (Å²) in [6.07, 6.45) is 5.38. The lowest BCUT2D eigenvalue weighted by molar-refractivity contribution is -0.140. The number of hydrogen-bond acceptors (Lipinski definition) is 5. The van der Waals surface area contributed by atoms with Crippen LogP contribution in [0.1, 0.15) is 73.3 Å². The van der Waals surface area contributed by atoms with E-state index >= 15 is 0 Å². The van der Waals surface area contributed by atoms with E-state index in [9.17, 15) is 18.8 Å². The highest BCUT2D eigenvalue weighted by molar-refractivity contribution is 5.92. The number of hydrogen-bond donors (Lipinski definition) is 2. The van der Waals surface area contributed by atoms with Crippen molar-refractivity contribution in [1.29, 1.82) is 0 Å². The average molecular weight is 563 g/mol. The maximum atomic E-state index is 13.8. The van der Waals surface area contributed by atoms with E-state index in [1.54, 1.807) is 55.1 Å². The minimum absolute atomic E-state index is 0. The van der Waals surface area contributed by atoms with Gasteiger partial charge in [-0.1, -0.05) is 46.8 Å². The molecule has 0 aliphatic carbocycles. The highest BCUT2D eigenvalue weighted by atomic mass is 19.1. The van der Waals surface area contributed by atoms with Gasteiger partial charge in [0.25, 0.3) is 5.91 Å². The molecule has 40 heavy (non-hydrogen) atoms. The van der Waals surface area contributed by atoms with Crippen LogP contribution >= 0.6 is 0 Å². The summed E-state index contributed by atoms with van der Waals surface area (Å²) in [7, 11) is 3.51. The molecule has 9 nitrogen and oxygen atoms in total. The van der Waals surface area contributed by atoms with Crippen molar-refractivity contribution in [3.05, 3.63) is 53.9 Å². The molecule has 0 saturated carbocycles. The number of nitrogens with one attached hydrogen (secondary N) is 2. The van der Waals surface area contributed by atoms with Crippen molar-refractivity contribution in [3.63, 3.8) is 0 Å². The van der Waals surface area contributed by atoms with Gasteiger partial charge >= 0.3 is 0 Å². The Kier molecular flexibility index (Phi) is 12.3. The van der Waals surface area contributed by atoms with Gasteiger partial charge in [-0.15, -0.1) is 0 Å². The van der Waals surface area contributed by atoms with Gasteiger partial charge in [-0.25, -0.2) is 9.37 Å². The standard InChI is InChI=1S/C28H41FN6O3.C2H6.2H2/c1-19(30-5)25(36)32-24(28(2,3)4)27(38)35-14-7-8-22(35)16-34(26(37)23-17-33(6)18-31-23)15-13-20-9-11-21(29)12-10-20;1-2;;/h9-12,17-19,22,24,30H,7-8,13-16H2,1-6H3,(H,32,36);1-2H3;2*1H/t19-,22-,24+;;;/m0.../s1. The second-order valence-corrected chi connectivity index (χ2v) is 11.2. The van der Waals surface area contributed by atoms with Gasteiger partial charge in [0, 0.05) is 41.8 Å². The number of benzene rings is 1. The second-order valence-electron chi connectivity index (χ2n) is 11.2. The summed E-state index contributed by atoms with van der Waals surface area (Å²) in [6, 6.07) is 4.93. The monoisotopic (exact) mass is 562 g/mol. The van der Waals surface area contributed by atoms with E-state index in [2.05, 4.69) is 15.6 Å². The third-order valence-corrected chi connectivity index (χ3v) is 7.11. The predicted molar refractivity (Wildman–Crippen MR) is 159 cm³/mol. The summed E-state index contributed by atoms with van der Waals surface area (Å²) >= 11 is 0. The Morgan fingerprint density at radius 1 is 1.20 bits per heavy atom. The summed E-state index contributed by atoms with van der Waals surface area (Å²) in [6.45, 7) is 12.9. The smallest absolute Gasteiger partial charge is 0.274 e. The minimum Gasteiger partial charge on any atom is -0.342 e. The molecule has 226 valence electrons. The van der Waals surface area contributed by atoms with Gasteiger partial charge in [0.1, 0.15) is 17.6 Å². The van der Waals surface area contributed by atoms with Gasteiger partial charge in [0.2, 0.25) is 11.8 Å². The van der Waals surface area contributed by atoms with E-state index < -0.39 is 17.5 Å². The molecule has 1 aromatic carbocycles. The van der Waals surface area contributed by atoms with Crippen molar-refractivity contribution < 1.29 is 21.6 Å². The Morgan fingerprint density at radius 2 is 1.85 bits per heavy atom. The van der Waals surface area contributed by atoms with Crippen LogP contribution < -0.4 is 10.6 Å². The van der Waals surface area contributed by atoms with Crippen LogP contribution in [-0.2, 0) is 23.1 Å². The molecule has 2 heterocycles. The SMILES string of the molecule is CC.CN[C@@H](C)C(=O)N[C@H](C(=O)N1CCC[C@H]1CN(CCc1ccc(F)cc1)C(=O)c1cn(C)cn1)C(C)(C)C.[HH].[HH]. The van der Waals surface area contributed by atoms with Crippen LogP contribution in [0.5, 0.6) is 0 Å². The molecule has 0 bridgehead atoms. The molecule has 3 amide bonds. The van der Waals surface area contributed by atoms with Crippen molar-refractivity contribution in [3.8, 4) is 0 Å². The molecule has 3 rings (SSSR count). The first kappa shape index (κ1) is 32.9. The van der Waals surface area contributed by atoms with Gasteiger partial charge in [-0.05, 0) is 56.3 Å². The average Bonchev–Trinajstić information content (AvgIpc) is 3.58. The molecule has 3 atom stereocenters. The third kappa shape index (κ3) is 8.87. The van der Waals surface area contributed by atoms with Gasteiger partial charge < -0.3 is 25.0 Å². The van der Waals surface area contributed by atoms with E-state index in [1.807, 2.05) is 39.5 Å². The lowest BCUT2D eigenvalue weighted by atomic mass is 9.85. The fraction of sp³-hybridized carbons (Fsp3) is 0.600. The van der Waals surface area contributed by atoms with Crippen LogP contribution in [0.4, 0.5) is 4.39 Å². The Bertz CT molecular complexity index is 1120. The number of likely N-dealkylation sites (tertiary alicyclic amines) is 1.